The maximum atomic E-state index is 5.64. The minimum absolute atomic E-state index is 0.611. The van der Waals surface area contributed by atoms with E-state index in [1.165, 1.54) is 0 Å². The Labute approximate surface area is 97.1 Å². The quantitative estimate of drug-likeness (QED) is 0.809. The Kier molecular flexibility index (Phi) is 3.01. The van der Waals surface area contributed by atoms with E-state index in [9.17, 15) is 0 Å². The molecule has 1 fully saturated rings. The summed E-state index contributed by atoms with van der Waals surface area (Å²) < 4.78 is 0. The summed E-state index contributed by atoms with van der Waals surface area (Å²) in [5.74, 6) is 1.71. The van der Waals surface area contributed by atoms with E-state index in [0.29, 0.717) is 12.0 Å². The van der Waals surface area contributed by atoms with Gasteiger partial charge in [0.25, 0.3) is 0 Å². The van der Waals surface area contributed by atoms with Gasteiger partial charge in [0.2, 0.25) is 0 Å². The van der Waals surface area contributed by atoms with Crippen molar-refractivity contribution >= 4 is 11.5 Å². The lowest BCUT2D eigenvalue weighted by Gasteiger charge is -2.22. The summed E-state index contributed by atoms with van der Waals surface area (Å²) >= 11 is 0. The minimum atomic E-state index is 0.611. The molecule has 16 heavy (non-hydrogen) atoms. The Hall–Kier alpha value is -1.29. The molecule has 0 amide bonds. The summed E-state index contributed by atoms with van der Waals surface area (Å²) in [5, 5.41) is 0. The van der Waals surface area contributed by atoms with Gasteiger partial charge in [0, 0.05) is 19.1 Å². The van der Waals surface area contributed by atoms with Gasteiger partial charge < -0.3 is 15.5 Å². The van der Waals surface area contributed by atoms with Gasteiger partial charge in [0.15, 0.2) is 0 Å². The summed E-state index contributed by atoms with van der Waals surface area (Å²) in [6.07, 6.45) is 1.73. The van der Waals surface area contributed by atoms with Crippen LogP contribution in [0.1, 0.15) is 6.92 Å². The van der Waals surface area contributed by atoms with Crippen LogP contribution >= 0.6 is 0 Å². The van der Waals surface area contributed by atoms with E-state index in [4.69, 9.17) is 5.73 Å². The number of hydrogen-bond acceptors (Lipinski definition) is 4. The number of nitrogen functional groups attached to an aromatic ring is 1. The van der Waals surface area contributed by atoms with Crippen LogP contribution in [0, 0.1) is 5.92 Å². The Morgan fingerprint density at radius 3 is 2.62 bits per heavy atom. The molecule has 2 rings (SSSR count). The smallest absolute Gasteiger partial charge is 0.128 e. The Morgan fingerprint density at radius 2 is 2.12 bits per heavy atom. The van der Waals surface area contributed by atoms with Gasteiger partial charge >= 0.3 is 0 Å². The third-order valence-corrected chi connectivity index (χ3v) is 3.33. The van der Waals surface area contributed by atoms with E-state index < -0.39 is 0 Å². The van der Waals surface area contributed by atoms with Crippen molar-refractivity contribution in [3.63, 3.8) is 0 Å². The molecule has 1 aromatic heterocycles. The molecule has 4 heteroatoms. The molecule has 2 unspecified atom stereocenters. The first-order valence-electron chi connectivity index (χ1n) is 5.71. The summed E-state index contributed by atoms with van der Waals surface area (Å²) in [6.45, 7) is 4.41. The van der Waals surface area contributed by atoms with Crippen molar-refractivity contribution in [2.45, 2.75) is 13.0 Å². The molecule has 1 aromatic rings. The van der Waals surface area contributed by atoms with E-state index in [1.54, 1.807) is 6.20 Å². The number of likely N-dealkylation sites (N-methyl/N-ethyl adjacent to an activating group) is 1. The molecule has 4 nitrogen and oxygen atoms in total. The second kappa shape index (κ2) is 4.29. The van der Waals surface area contributed by atoms with Crippen LogP contribution in [0.3, 0.4) is 0 Å². The van der Waals surface area contributed by atoms with Crippen LogP contribution in [0.2, 0.25) is 0 Å². The first-order valence-corrected chi connectivity index (χ1v) is 5.71. The van der Waals surface area contributed by atoms with Crippen molar-refractivity contribution in [1.82, 2.24) is 9.88 Å². The molecule has 1 saturated heterocycles. The highest BCUT2D eigenvalue weighted by molar-refractivity contribution is 5.46. The van der Waals surface area contributed by atoms with Gasteiger partial charge in [-0.05, 0) is 32.1 Å². The van der Waals surface area contributed by atoms with Crippen LogP contribution in [-0.4, -0.2) is 43.1 Å². The molecular weight excluding hydrogens is 200 g/mol. The van der Waals surface area contributed by atoms with E-state index >= 15 is 0 Å². The molecule has 1 aliphatic rings. The zero-order valence-electron chi connectivity index (χ0n) is 10.2. The molecule has 0 aromatic carbocycles. The highest BCUT2D eigenvalue weighted by Crippen LogP contribution is 2.24. The average Bonchev–Trinajstić information content (AvgIpc) is 2.61. The Morgan fingerprint density at radius 1 is 1.38 bits per heavy atom. The molecule has 0 radical (unpaired) electrons. The van der Waals surface area contributed by atoms with Gasteiger partial charge in [-0.25, -0.2) is 4.98 Å². The van der Waals surface area contributed by atoms with Gasteiger partial charge in [-0.1, -0.05) is 6.92 Å². The SMILES string of the molecule is CC1CN(c2ccc(N)cn2)CC1N(C)C. The zero-order valence-corrected chi connectivity index (χ0v) is 10.2. The largest absolute Gasteiger partial charge is 0.397 e. The number of hydrogen-bond donors (Lipinski definition) is 1. The molecular formula is C12H20N4. The van der Waals surface area contributed by atoms with Gasteiger partial charge in [-0.2, -0.15) is 0 Å². The molecule has 2 N–H and O–H groups in total. The first-order chi connectivity index (χ1) is 7.58. The van der Waals surface area contributed by atoms with Gasteiger partial charge in [-0.3, -0.25) is 0 Å². The van der Waals surface area contributed by atoms with Crippen molar-refractivity contribution in [1.29, 1.82) is 0 Å². The predicted molar refractivity (Wildman–Crippen MR) is 67.5 cm³/mol. The molecule has 88 valence electrons. The van der Waals surface area contributed by atoms with Crippen molar-refractivity contribution in [2.75, 3.05) is 37.8 Å². The highest BCUT2D eigenvalue weighted by atomic mass is 15.3. The van der Waals surface area contributed by atoms with Crippen molar-refractivity contribution < 1.29 is 0 Å². The fourth-order valence-electron chi connectivity index (χ4n) is 2.39. The average molecular weight is 220 g/mol. The lowest BCUT2D eigenvalue weighted by Crippen LogP contribution is -2.34. The fraction of sp³-hybridized carbons (Fsp3) is 0.583. The Balaban J connectivity index is 2.10. The maximum absolute atomic E-state index is 5.64. The second-order valence-corrected chi connectivity index (χ2v) is 4.86. The molecule has 2 atom stereocenters. The summed E-state index contributed by atoms with van der Waals surface area (Å²) in [4.78, 5) is 8.99. The number of pyridine rings is 1. The van der Waals surface area contributed by atoms with Gasteiger partial charge in [0.1, 0.15) is 5.82 Å². The van der Waals surface area contributed by atoms with Crippen molar-refractivity contribution in [2.24, 2.45) is 5.92 Å². The number of rotatable bonds is 2. The van der Waals surface area contributed by atoms with Crippen LogP contribution in [0.5, 0.6) is 0 Å². The van der Waals surface area contributed by atoms with Crippen LogP contribution < -0.4 is 10.6 Å². The Bertz CT molecular complexity index is 347. The normalized spacial score (nSPS) is 25.4. The summed E-state index contributed by atoms with van der Waals surface area (Å²) in [6, 6.07) is 4.52. The lowest BCUT2D eigenvalue weighted by atomic mass is 10.1. The fourth-order valence-corrected chi connectivity index (χ4v) is 2.39. The zero-order chi connectivity index (χ0) is 11.7. The molecule has 0 aliphatic carbocycles. The summed E-state index contributed by atoms with van der Waals surface area (Å²) in [7, 11) is 4.28. The van der Waals surface area contributed by atoms with E-state index in [-0.39, 0.29) is 0 Å². The predicted octanol–water partition coefficient (Wildman–Crippen LogP) is 1.05. The molecule has 0 spiro atoms. The topological polar surface area (TPSA) is 45.4 Å². The van der Waals surface area contributed by atoms with Crippen LogP contribution in [0.25, 0.3) is 0 Å². The van der Waals surface area contributed by atoms with Crippen LogP contribution in [0.15, 0.2) is 18.3 Å². The summed E-state index contributed by atoms with van der Waals surface area (Å²) in [5.41, 5.74) is 6.36. The lowest BCUT2D eigenvalue weighted by molar-refractivity contribution is 0.266. The molecule has 1 aliphatic heterocycles. The number of aromatic nitrogens is 1. The number of nitrogens with two attached hydrogens (primary N) is 1. The highest BCUT2D eigenvalue weighted by Gasteiger charge is 2.31. The minimum Gasteiger partial charge on any atom is -0.397 e. The van der Waals surface area contributed by atoms with Crippen LogP contribution in [-0.2, 0) is 0 Å². The van der Waals surface area contributed by atoms with E-state index in [0.717, 1.165) is 24.6 Å². The van der Waals surface area contributed by atoms with Crippen molar-refractivity contribution in [3.8, 4) is 0 Å². The molecule has 0 saturated carbocycles. The molecule has 2 heterocycles. The third-order valence-electron chi connectivity index (χ3n) is 3.33. The van der Waals surface area contributed by atoms with Crippen molar-refractivity contribution in [3.05, 3.63) is 18.3 Å². The van der Waals surface area contributed by atoms with Crippen LogP contribution in [0.4, 0.5) is 11.5 Å². The third kappa shape index (κ3) is 2.11. The van der Waals surface area contributed by atoms with Gasteiger partial charge in [0.05, 0.1) is 11.9 Å². The number of nitrogens with zero attached hydrogens (tertiary/aromatic N) is 3. The van der Waals surface area contributed by atoms with E-state index in [1.807, 2.05) is 12.1 Å². The second-order valence-electron chi connectivity index (χ2n) is 4.86. The standard InChI is InChI=1S/C12H20N4/c1-9-7-16(8-11(9)15(2)3)12-5-4-10(13)6-14-12/h4-6,9,11H,7-8,13H2,1-3H3. The number of anilines is 2. The monoisotopic (exact) mass is 220 g/mol. The van der Waals surface area contributed by atoms with E-state index in [2.05, 4.69) is 35.8 Å². The maximum Gasteiger partial charge on any atom is 0.128 e. The first kappa shape index (κ1) is 11.2. The molecule has 0 bridgehead atoms. The van der Waals surface area contributed by atoms with Gasteiger partial charge in [-0.15, -0.1) is 0 Å².